The molecule has 1 aliphatic rings. The fourth-order valence-corrected chi connectivity index (χ4v) is 5.15. The van der Waals surface area contributed by atoms with Gasteiger partial charge < -0.3 is 14.4 Å². The van der Waals surface area contributed by atoms with Crippen molar-refractivity contribution in [3.05, 3.63) is 54.1 Å². The summed E-state index contributed by atoms with van der Waals surface area (Å²) >= 11 is 1.47. The molecule has 0 N–H and O–H groups in total. The van der Waals surface area contributed by atoms with Crippen molar-refractivity contribution in [1.29, 1.82) is 0 Å². The highest BCUT2D eigenvalue weighted by Gasteiger charge is 2.28. The maximum Gasteiger partial charge on any atom is 0.240 e. The molecule has 168 valence electrons. The highest BCUT2D eigenvalue weighted by molar-refractivity contribution is 8.00. The second-order valence-corrected chi connectivity index (χ2v) is 9.37. The lowest BCUT2D eigenvalue weighted by molar-refractivity contribution is -0.117. The standard InChI is InChI=1S/C25H31N5OS/c1-5-29(6-2)21-15-13-20(14-16-21)23-26-27-25(28(23)4)32-18(3)24(31)30-17-9-11-19-10-7-8-12-22(19)30/h7-8,10,12-16,18H,5-6,9,11,17H2,1-4H3. The fourth-order valence-electron chi connectivity index (χ4n) is 4.27. The Kier molecular flexibility index (Phi) is 6.84. The van der Waals surface area contributed by atoms with Gasteiger partial charge in [-0.05, 0) is 69.5 Å². The number of amides is 1. The van der Waals surface area contributed by atoms with Crippen LogP contribution in [0.1, 0.15) is 32.8 Å². The number of nitrogens with zero attached hydrogens (tertiary/aromatic N) is 5. The summed E-state index contributed by atoms with van der Waals surface area (Å²) in [6.07, 6.45) is 2.03. The molecule has 0 saturated carbocycles. The first-order valence-corrected chi connectivity index (χ1v) is 12.2. The molecule has 1 aliphatic heterocycles. The average Bonchev–Trinajstić information content (AvgIpc) is 3.19. The number of aromatic nitrogens is 3. The SMILES string of the molecule is CCN(CC)c1ccc(-c2nnc(SC(C)C(=O)N3CCCc4ccccc43)n2C)cc1. The van der Waals surface area contributed by atoms with Gasteiger partial charge in [0.25, 0.3) is 0 Å². The molecule has 3 aromatic rings. The Morgan fingerprint density at radius 1 is 1.09 bits per heavy atom. The van der Waals surface area contributed by atoms with Gasteiger partial charge in [-0.3, -0.25) is 4.79 Å². The van der Waals surface area contributed by atoms with Crippen molar-refractivity contribution in [1.82, 2.24) is 14.8 Å². The predicted octanol–water partition coefficient (Wildman–Crippen LogP) is 4.79. The van der Waals surface area contributed by atoms with Gasteiger partial charge in [0.15, 0.2) is 11.0 Å². The van der Waals surface area contributed by atoms with Gasteiger partial charge in [0.2, 0.25) is 5.91 Å². The van der Waals surface area contributed by atoms with E-state index in [1.807, 2.05) is 41.6 Å². The maximum atomic E-state index is 13.3. The summed E-state index contributed by atoms with van der Waals surface area (Å²) in [6.45, 7) is 9.01. The van der Waals surface area contributed by atoms with Crippen LogP contribution in [-0.4, -0.2) is 45.6 Å². The summed E-state index contributed by atoms with van der Waals surface area (Å²) in [6, 6.07) is 16.6. The van der Waals surface area contributed by atoms with Crippen LogP contribution in [0.5, 0.6) is 0 Å². The number of hydrogen-bond donors (Lipinski definition) is 0. The summed E-state index contributed by atoms with van der Waals surface area (Å²) in [5.74, 6) is 0.928. The number of para-hydroxylation sites is 1. The second kappa shape index (κ2) is 9.77. The van der Waals surface area contributed by atoms with Crippen LogP contribution in [0.2, 0.25) is 0 Å². The largest absolute Gasteiger partial charge is 0.372 e. The Morgan fingerprint density at radius 3 is 2.53 bits per heavy atom. The molecule has 0 spiro atoms. The van der Waals surface area contributed by atoms with E-state index >= 15 is 0 Å². The maximum absolute atomic E-state index is 13.3. The number of rotatable bonds is 7. The number of benzene rings is 2. The summed E-state index contributed by atoms with van der Waals surface area (Å²) in [5, 5.41) is 9.30. The van der Waals surface area contributed by atoms with Crippen molar-refractivity contribution >= 4 is 29.0 Å². The molecule has 2 heterocycles. The molecule has 1 aromatic heterocycles. The molecule has 0 aliphatic carbocycles. The Hall–Kier alpha value is -2.80. The van der Waals surface area contributed by atoms with E-state index in [0.29, 0.717) is 0 Å². The third kappa shape index (κ3) is 4.39. The van der Waals surface area contributed by atoms with Gasteiger partial charge in [-0.25, -0.2) is 0 Å². The van der Waals surface area contributed by atoms with Gasteiger partial charge in [-0.1, -0.05) is 30.0 Å². The molecule has 1 unspecified atom stereocenters. The van der Waals surface area contributed by atoms with Crippen LogP contribution < -0.4 is 9.80 Å². The summed E-state index contributed by atoms with van der Waals surface area (Å²) < 4.78 is 1.98. The molecular weight excluding hydrogens is 418 g/mol. The smallest absolute Gasteiger partial charge is 0.240 e. The molecule has 0 saturated heterocycles. The number of aryl methyl sites for hydroxylation is 1. The number of fused-ring (bicyclic) bond motifs is 1. The first kappa shape index (κ1) is 22.4. The van der Waals surface area contributed by atoms with Gasteiger partial charge in [-0.15, -0.1) is 10.2 Å². The molecule has 1 amide bonds. The van der Waals surface area contributed by atoms with Gasteiger partial charge in [0, 0.05) is 43.6 Å². The van der Waals surface area contributed by atoms with E-state index in [-0.39, 0.29) is 11.2 Å². The van der Waals surface area contributed by atoms with Crippen molar-refractivity contribution < 1.29 is 4.79 Å². The molecule has 0 fully saturated rings. The monoisotopic (exact) mass is 449 g/mol. The molecule has 2 aromatic carbocycles. The quantitative estimate of drug-likeness (QED) is 0.486. The van der Waals surface area contributed by atoms with Crippen LogP contribution in [0.4, 0.5) is 11.4 Å². The first-order valence-electron chi connectivity index (χ1n) is 11.3. The third-order valence-corrected chi connectivity index (χ3v) is 7.22. The number of carbonyl (C=O) groups excluding carboxylic acids is 1. The van der Waals surface area contributed by atoms with Gasteiger partial charge in [-0.2, -0.15) is 0 Å². The van der Waals surface area contributed by atoms with Crippen LogP contribution >= 0.6 is 11.8 Å². The lowest BCUT2D eigenvalue weighted by Gasteiger charge is -2.31. The van der Waals surface area contributed by atoms with Crippen molar-refractivity contribution in [3.8, 4) is 11.4 Å². The Morgan fingerprint density at radius 2 is 1.81 bits per heavy atom. The highest BCUT2D eigenvalue weighted by Crippen LogP contribution is 2.31. The Bertz CT molecular complexity index is 1070. The van der Waals surface area contributed by atoms with E-state index < -0.39 is 0 Å². The first-order chi connectivity index (χ1) is 15.5. The van der Waals surface area contributed by atoms with E-state index in [9.17, 15) is 4.79 Å². The molecule has 0 radical (unpaired) electrons. The predicted molar refractivity (Wildman–Crippen MR) is 132 cm³/mol. The van der Waals surface area contributed by atoms with Crippen molar-refractivity contribution in [2.45, 2.75) is 44.0 Å². The Balaban J connectivity index is 1.49. The van der Waals surface area contributed by atoms with Crippen LogP contribution in [0.3, 0.4) is 0 Å². The molecule has 7 heteroatoms. The third-order valence-electron chi connectivity index (χ3n) is 6.10. The number of thioether (sulfide) groups is 1. The lowest BCUT2D eigenvalue weighted by Crippen LogP contribution is -2.40. The van der Waals surface area contributed by atoms with Gasteiger partial charge in [0.1, 0.15) is 0 Å². The zero-order valence-corrected chi connectivity index (χ0v) is 20.1. The zero-order valence-electron chi connectivity index (χ0n) is 19.3. The van der Waals surface area contributed by atoms with Crippen molar-refractivity contribution in [2.75, 3.05) is 29.4 Å². The average molecular weight is 450 g/mol. The molecule has 4 rings (SSSR count). The van der Waals surface area contributed by atoms with Crippen molar-refractivity contribution in [2.24, 2.45) is 7.05 Å². The topological polar surface area (TPSA) is 54.3 Å². The van der Waals surface area contributed by atoms with Crippen LogP contribution in [0.25, 0.3) is 11.4 Å². The summed E-state index contributed by atoms with van der Waals surface area (Å²) in [4.78, 5) is 17.5. The molecule has 6 nitrogen and oxygen atoms in total. The molecule has 1 atom stereocenters. The highest BCUT2D eigenvalue weighted by atomic mass is 32.2. The molecular formula is C25H31N5OS. The van der Waals surface area contributed by atoms with E-state index in [1.165, 1.54) is 23.0 Å². The minimum atomic E-state index is -0.248. The minimum Gasteiger partial charge on any atom is -0.372 e. The summed E-state index contributed by atoms with van der Waals surface area (Å²) in [5.41, 5.74) is 4.52. The van der Waals surface area contributed by atoms with Crippen LogP contribution in [0.15, 0.2) is 53.7 Å². The number of anilines is 2. The zero-order chi connectivity index (χ0) is 22.7. The normalized spacial score (nSPS) is 14.2. The van der Waals surface area contributed by atoms with E-state index in [1.54, 1.807) is 0 Å². The molecule has 0 bridgehead atoms. The van der Waals surface area contributed by atoms with Gasteiger partial charge >= 0.3 is 0 Å². The van der Waals surface area contributed by atoms with Crippen LogP contribution in [0, 0.1) is 0 Å². The van der Waals surface area contributed by atoms with Gasteiger partial charge in [0.05, 0.1) is 5.25 Å². The van der Waals surface area contributed by atoms with E-state index in [0.717, 1.165) is 54.7 Å². The lowest BCUT2D eigenvalue weighted by atomic mass is 10.0. The van der Waals surface area contributed by atoms with E-state index in [4.69, 9.17) is 0 Å². The van der Waals surface area contributed by atoms with Crippen LogP contribution in [-0.2, 0) is 18.3 Å². The number of carbonyl (C=O) groups is 1. The summed E-state index contributed by atoms with van der Waals surface area (Å²) in [7, 11) is 1.96. The van der Waals surface area contributed by atoms with E-state index in [2.05, 4.69) is 59.3 Å². The number of hydrogen-bond acceptors (Lipinski definition) is 5. The minimum absolute atomic E-state index is 0.121. The Labute approximate surface area is 194 Å². The second-order valence-electron chi connectivity index (χ2n) is 8.07. The van der Waals surface area contributed by atoms with Crippen molar-refractivity contribution in [3.63, 3.8) is 0 Å². The fraction of sp³-hybridized carbons (Fsp3) is 0.400. The molecule has 32 heavy (non-hydrogen) atoms.